The molecule has 200 valence electrons. The van der Waals surface area contributed by atoms with E-state index in [9.17, 15) is 18.4 Å². The summed E-state index contributed by atoms with van der Waals surface area (Å²) in [6.07, 6.45) is 3.33. The van der Waals surface area contributed by atoms with Crippen LogP contribution in [0.5, 0.6) is 5.88 Å². The molecule has 5 rings (SSSR count). The maximum absolute atomic E-state index is 13.3. The minimum Gasteiger partial charge on any atom is -0.480 e. The summed E-state index contributed by atoms with van der Waals surface area (Å²) in [5.41, 5.74) is 1.68. The summed E-state index contributed by atoms with van der Waals surface area (Å²) in [5.74, 6) is 1.27. The normalized spacial score (nSPS) is 13.4. The SMILES string of the molecule is COc1ncnc(C2CC2)c1-c1ncnc(N(C#N)Cc2ccc(-c3nc(C(F)(F)F)cn3C(C)C)cc2)n1. The highest BCUT2D eigenvalue weighted by atomic mass is 19.4. The average molecular weight is 536 g/mol. The Morgan fingerprint density at radius 2 is 1.79 bits per heavy atom. The van der Waals surface area contributed by atoms with E-state index in [-0.39, 0.29) is 30.3 Å². The van der Waals surface area contributed by atoms with Crippen LogP contribution in [-0.4, -0.2) is 41.6 Å². The highest BCUT2D eigenvalue weighted by molar-refractivity contribution is 5.66. The van der Waals surface area contributed by atoms with Gasteiger partial charge in [-0.25, -0.2) is 29.8 Å². The molecule has 0 bridgehead atoms. The minimum atomic E-state index is -4.54. The number of aromatic nitrogens is 7. The van der Waals surface area contributed by atoms with Gasteiger partial charge in [-0.1, -0.05) is 24.3 Å². The van der Waals surface area contributed by atoms with E-state index in [1.165, 1.54) is 29.2 Å². The molecule has 0 saturated heterocycles. The number of nitrogens with zero attached hydrogens (tertiary/aromatic N) is 9. The quantitative estimate of drug-likeness (QED) is 0.222. The summed E-state index contributed by atoms with van der Waals surface area (Å²) < 4.78 is 46.7. The van der Waals surface area contributed by atoms with Gasteiger partial charge in [-0.05, 0) is 32.3 Å². The Bertz CT molecular complexity index is 1520. The van der Waals surface area contributed by atoms with Crippen LogP contribution in [0.15, 0.2) is 43.1 Å². The first-order valence-corrected chi connectivity index (χ1v) is 12.2. The van der Waals surface area contributed by atoms with Gasteiger partial charge in [-0.3, -0.25) is 0 Å². The summed E-state index contributed by atoms with van der Waals surface area (Å²) in [6, 6.07) is 6.60. The third-order valence-electron chi connectivity index (χ3n) is 6.28. The minimum absolute atomic E-state index is 0.129. The van der Waals surface area contributed by atoms with Crippen LogP contribution in [0.1, 0.15) is 55.6 Å². The molecule has 0 spiro atoms. The molecule has 1 aliphatic carbocycles. The van der Waals surface area contributed by atoms with Gasteiger partial charge in [0.25, 0.3) is 0 Å². The van der Waals surface area contributed by atoms with Crippen LogP contribution < -0.4 is 9.64 Å². The van der Waals surface area contributed by atoms with Gasteiger partial charge in [0.1, 0.15) is 24.0 Å². The number of anilines is 1. The summed E-state index contributed by atoms with van der Waals surface area (Å²) >= 11 is 0. The fraction of sp³-hybridized carbons (Fsp3) is 0.346. The number of rotatable bonds is 8. The molecule has 10 nitrogen and oxygen atoms in total. The Balaban J connectivity index is 1.41. The van der Waals surface area contributed by atoms with Crippen molar-refractivity contribution in [2.45, 2.75) is 51.4 Å². The number of halogens is 3. The Labute approximate surface area is 222 Å². The fourth-order valence-corrected chi connectivity index (χ4v) is 4.18. The fourth-order valence-electron chi connectivity index (χ4n) is 4.18. The summed E-state index contributed by atoms with van der Waals surface area (Å²) in [7, 11) is 1.51. The lowest BCUT2D eigenvalue weighted by Gasteiger charge is -2.16. The van der Waals surface area contributed by atoms with Crippen molar-refractivity contribution in [3.63, 3.8) is 0 Å². The Hall–Kier alpha value is -4.60. The van der Waals surface area contributed by atoms with Crippen LogP contribution >= 0.6 is 0 Å². The van der Waals surface area contributed by atoms with E-state index < -0.39 is 11.9 Å². The molecule has 0 aliphatic heterocycles. The number of methoxy groups -OCH3 is 1. The molecular formula is C26H24F3N9O. The summed E-state index contributed by atoms with van der Waals surface area (Å²) in [6.45, 7) is 3.71. The van der Waals surface area contributed by atoms with E-state index in [1.54, 1.807) is 38.1 Å². The van der Waals surface area contributed by atoms with E-state index in [0.29, 0.717) is 22.8 Å². The van der Waals surface area contributed by atoms with Crippen molar-refractivity contribution in [2.75, 3.05) is 12.0 Å². The smallest absolute Gasteiger partial charge is 0.434 e. The first kappa shape index (κ1) is 26.0. The van der Waals surface area contributed by atoms with Gasteiger partial charge in [0.05, 0.1) is 19.3 Å². The Morgan fingerprint density at radius 1 is 1.08 bits per heavy atom. The molecule has 0 atom stereocenters. The monoisotopic (exact) mass is 535 g/mol. The van der Waals surface area contributed by atoms with E-state index in [2.05, 4.69) is 36.1 Å². The number of hydrogen-bond donors (Lipinski definition) is 0. The second kappa shape index (κ2) is 10.3. The maximum Gasteiger partial charge on any atom is 0.434 e. The van der Waals surface area contributed by atoms with Crippen LogP contribution in [0.2, 0.25) is 0 Å². The van der Waals surface area contributed by atoms with Crippen molar-refractivity contribution in [1.29, 1.82) is 5.26 Å². The van der Waals surface area contributed by atoms with Crippen molar-refractivity contribution in [3.05, 3.63) is 60.1 Å². The first-order valence-electron chi connectivity index (χ1n) is 12.2. The number of benzene rings is 1. The molecule has 1 aliphatic rings. The maximum atomic E-state index is 13.3. The standard InChI is InChI=1S/C26H24F3N9O/c1-15(2)38-11-19(26(27,28)29)35-23(38)18-6-4-16(5-7-18)10-37(12-30)25-34-14-32-22(36-25)20-21(17-8-9-17)31-13-33-24(20)39-3/h4-7,11,13-15,17H,8-10H2,1-3H3. The third-order valence-corrected chi connectivity index (χ3v) is 6.28. The number of alkyl halides is 3. The molecule has 1 aromatic carbocycles. The molecule has 13 heteroatoms. The van der Waals surface area contributed by atoms with Crippen molar-refractivity contribution in [2.24, 2.45) is 0 Å². The van der Waals surface area contributed by atoms with E-state index >= 15 is 0 Å². The van der Waals surface area contributed by atoms with Crippen LogP contribution in [-0.2, 0) is 12.7 Å². The van der Waals surface area contributed by atoms with Gasteiger partial charge >= 0.3 is 6.18 Å². The third kappa shape index (κ3) is 5.36. The molecule has 3 heterocycles. The zero-order valence-corrected chi connectivity index (χ0v) is 21.4. The summed E-state index contributed by atoms with van der Waals surface area (Å²) in [5, 5.41) is 9.87. The molecule has 1 fully saturated rings. The van der Waals surface area contributed by atoms with E-state index in [4.69, 9.17) is 4.74 Å². The topological polar surface area (TPSA) is 119 Å². The van der Waals surface area contributed by atoms with Gasteiger partial charge in [0.2, 0.25) is 11.8 Å². The molecule has 0 radical (unpaired) electrons. The van der Waals surface area contributed by atoms with Gasteiger partial charge in [-0.2, -0.15) is 23.4 Å². The van der Waals surface area contributed by atoms with Gasteiger partial charge in [-0.15, -0.1) is 0 Å². The number of hydrogen-bond acceptors (Lipinski definition) is 9. The molecule has 39 heavy (non-hydrogen) atoms. The number of imidazole rings is 1. The Morgan fingerprint density at radius 3 is 2.41 bits per heavy atom. The van der Waals surface area contributed by atoms with Gasteiger partial charge < -0.3 is 9.30 Å². The van der Waals surface area contributed by atoms with Crippen LogP contribution in [0.25, 0.3) is 22.8 Å². The van der Waals surface area contributed by atoms with Gasteiger partial charge in [0, 0.05) is 23.7 Å². The largest absolute Gasteiger partial charge is 0.480 e. The van der Waals surface area contributed by atoms with Crippen LogP contribution in [0.3, 0.4) is 0 Å². The van der Waals surface area contributed by atoms with Gasteiger partial charge in [0.15, 0.2) is 17.7 Å². The highest BCUT2D eigenvalue weighted by Gasteiger charge is 2.35. The van der Waals surface area contributed by atoms with Crippen molar-refractivity contribution in [3.8, 4) is 34.8 Å². The van der Waals surface area contributed by atoms with E-state index in [1.807, 2.05) is 0 Å². The predicted molar refractivity (Wildman–Crippen MR) is 134 cm³/mol. The van der Waals surface area contributed by atoms with Crippen molar-refractivity contribution >= 4 is 5.95 Å². The lowest BCUT2D eigenvalue weighted by atomic mass is 10.1. The molecule has 1 saturated carbocycles. The van der Waals surface area contributed by atoms with Crippen LogP contribution in [0, 0.1) is 11.5 Å². The molecular weight excluding hydrogens is 511 g/mol. The number of nitriles is 1. The van der Waals surface area contributed by atoms with Crippen LogP contribution in [0.4, 0.5) is 19.1 Å². The molecule has 3 aromatic heterocycles. The number of ether oxygens (including phenoxy) is 1. The lowest BCUT2D eigenvalue weighted by molar-refractivity contribution is -0.140. The predicted octanol–water partition coefficient (Wildman–Crippen LogP) is 5.17. The molecule has 0 N–H and O–H groups in total. The average Bonchev–Trinajstić information content (AvgIpc) is 3.67. The second-order valence-electron chi connectivity index (χ2n) is 9.36. The Kier molecular flexibility index (Phi) is 6.86. The second-order valence-corrected chi connectivity index (χ2v) is 9.36. The zero-order chi connectivity index (χ0) is 27.7. The van der Waals surface area contributed by atoms with Crippen molar-refractivity contribution < 1.29 is 17.9 Å². The molecule has 4 aromatic rings. The zero-order valence-electron chi connectivity index (χ0n) is 21.4. The highest BCUT2D eigenvalue weighted by Crippen LogP contribution is 2.44. The summed E-state index contributed by atoms with van der Waals surface area (Å²) in [4.78, 5) is 26.7. The molecule has 0 amide bonds. The lowest BCUT2D eigenvalue weighted by Crippen LogP contribution is -2.19. The molecule has 0 unspecified atom stereocenters. The first-order chi connectivity index (χ1) is 18.7. The van der Waals surface area contributed by atoms with E-state index in [0.717, 1.165) is 30.3 Å². The van der Waals surface area contributed by atoms with Crippen molar-refractivity contribution in [1.82, 2.24) is 34.5 Å².